The van der Waals surface area contributed by atoms with Crippen LogP contribution in [0.25, 0.3) is 0 Å². The van der Waals surface area contributed by atoms with E-state index in [1.54, 1.807) is 18.7 Å². The topological polar surface area (TPSA) is 76.4 Å². The summed E-state index contributed by atoms with van der Waals surface area (Å²) in [6.07, 6.45) is -0.699. The Balaban J connectivity index is 2.43. The summed E-state index contributed by atoms with van der Waals surface area (Å²) in [6, 6.07) is 0. The zero-order valence-electron chi connectivity index (χ0n) is 12.9. The molecule has 0 unspecified atom stereocenters. The van der Waals surface area contributed by atoms with Gasteiger partial charge < -0.3 is 15.2 Å². The molecule has 0 aromatic carbocycles. The van der Waals surface area contributed by atoms with Gasteiger partial charge >= 0.3 is 0 Å². The van der Waals surface area contributed by atoms with Gasteiger partial charge in [0.25, 0.3) is 5.91 Å². The molecular formula is C14H25N3O3. The van der Waals surface area contributed by atoms with Crippen molar-refractivity contribution in [3.63, 3.8) is 0 Å². The molecule has 0 saturated heterocycles. The molecule has 1 heterocycles. The van der Waals surface area contributed by atoms with Crippen molar-refractivity contribution in [2.24, 2.45) is 13.0 Å². The van der Waals surface area contributed by atoms with Crippen molar-refractivity contribution in [2.45, 2.75) is 33.8 Å². The van der Waals surface area contributed by atoms with E-state index in [0.717, 1.165) is 5.69 Å². The van der Waals surface area contributed by atoms with Crippen molar-refractivity contribution in [1.82, 2.24) is 15.1 Å². The predicted molar refractivity (Wildman–Crippen MR) is 76.7 cm³/mol. The van der Waals surface area contributed by atoms with Gasteiger partial charge in [-0.1, -0.05) is 13.8 Å². The van der Waals surface area contributed by atoms with E-state index < -0.39 is 6.10 Å². The van der Waals surface area contributed by atoms with E-state index >= 15 is 0 Å². The van der Waals surface area contributed by atoms with Gasteiger partial charge in [0.1, 0.15) is 0 Å². The highest BCUT2D eigenvalue weighted by Crippen LogP contribution is 2.11. The molecule has 0 radical (unpaired) electrons. The molecule has 0 bridgehead atoms. The lowest BCUT2D eigenvalue weighted by Crippen LogP contribution is -2.35. The summed E-state index contributed by atoms with van der Waals surface area (Å²) in [5.41, 5.74) is 2.07. The summed E-state index contributed by atoms with van der Waals surface area (Å²) >= 11 is 0. The standard InChI is InChI=1S/C14H25N3O3/c1-9(2)7-20-8-12(18)6-15-14(19)13-10(3)16-17(5)11(13)4/h9,12,18H,6-8H2,1-5H3,(H,15,19)/t12-/m1/s1. The van der Waals surface area contributed by atoms with Crippen molar-refractivity contribution < 1.29 is 14.6 Å². The van der Waals surface area contributed by atoms with Gasteiger partial charge in [0, 0.05) is 25.9 Å². The monoisotopic (exact) mass is 283 g/mol. The molecule has 0 fully saturated rings. The van der Waals surface area contributed by atoms with E-state index in [4.69, 9.17) is 4.74 Å². The molecule has 1 atom stereocenters. The zero-order chi connectivity index (χ0) is 15.3. The van der Waals surface area contributed by atoms with E-state index in [0.29, 0.717) is 23.8 Å². The number of ether oxygens (including phenoxy) is 1. The quantitative estimate of drug-likeness (QED) is 0.776. The van der Waals surface area contributed by atoms with Crippen molar-refractivity contribution in [2.75, 3.05) is 19.8 Å². The number of rotatable bonds is 7. The Morgan fingerprint density at radius 1 is 1.40 bits per heavy atom. The highest BCUT2D eigenvalue weighted by atomic mass is 16.5. The first kappa shape index (κ1) is 16.7. The number of amides is 1. The van der Waals surface area contributed by atoms with Crippen LogP contribution in [0.5, 0.6) is 0 Å². The highest BCUT2D eigenvalue weighted by molar-refractivity contribution is 5.96. The van der Waals surface area contributed by atoms with Gasteiger partial charge in [0.2, 0.25) is 0 Å². The van der Waals surface area contributed by atoms with E-state index in [1.807, 2.05) is 20.8 Å². The number of nitrogens with one attached hydrogen (secondary N) is 1. The summed E-state index contributed by atoms with van der Waals surface area (Å²) in [5.74, 6) is 0.216. The Labute approximate surface area is 120 Å². The molecular weight excluding hydrogens is 258 g/mol. The second-order valence-corrected chi connectivity index (χ2v) is 5.46. The highest BCUT2D eigenvalue weighted by Gasteiger charge is 2.17. The first-order chi connectivity index (χ1) is 9.32. The van der Waals surface area contributed by atoms with E-state index in [9.17, 15) is 9.90 Å². The normalized spacial score (nSPS) is 12.8. The number of carbonyl (C=O) groups is 1. The summed E-state index contributed by atoms with van der Waals surface area (Å²) in [4.78, 5) is 12.1. The molecule has 114 valence electrons. The first-order valence-corrected chi connectivity index (χ1v) is 6.87. The van der Waals surface area contributed by atoms with Gasteiger partial charge in [-0.2, -0.15) is 5.10 Å². The lowest BCUT2D eigenvalue weighted by atomic mass is 10.2. The van der Waals surface area contributed by atoms with Crippen molar-refractivity contribution in [3.8, 4) is 0 Å². The van der Waals surface area contributed by atoms with Crippen LogP contribution >= 0.6 is 0 Å². The Morgan fingerprint density at radius 2 is 2.05 bits per heavy atom. The fourth-order valence-corrected chi connectivity index (χ4v) is 1.90. The summed E-state index contributed by atoms with van der Waals surface area (Å²) < 4.78 is 7.00. The molecule has 1 aromatic heterocycles. The minimum atomic E-state index is -0.699. The van der Waals surface area contributed by atoms with Crippen molar-refractivity contribution in [1.29, 1.82) is 0 Å². The van der Waals surface area contributed by atoms with Crippen LogP contribution in [0.1, 0.15) is 35.6 Å². The third kappa shape index (κ3) is 4.61. The van der Waals surface area contributed by atoms with Gasteiger partial charge in [-0.25, -0.2) is 0 Å². The van der Waals surface area contributed by atoms with Crippen LogP contribution in [-0.2, 0) is 11.8 Å². The molecule has 6 nitrogen and oxygen atoms in total. The van der Waals surface area contributed by atoms with E-state index in [-0.39, 0.29) is 19.1 Å². The Bertz CT molecular complexity index is 455. The average molecular weight is 283 g/mol. The van der Waals surface area contributed by atoms with E-state index in [2.05, 4.69) is 10.4 Å². The second-order valence-electron chi connectivity index (χ2n) is 5.46. The van der Waals surface area contributed by atoms with Crippen LogP contribution in [0.3, 0.4) is 0 Å². The number of aliphatic hydroxyl groups excluding tert-OH is 1. The SMILES string of the molecule is Cc1nn(C)c(C)c1C(=O)NC[C@@H](O)COCC(C)C. The smallest absolute Gasteiger partial charge is 0.255 e. The average Bonchev–Trinajstić information content (AvgIpc) is 2.60. The summed E-state index contributed by atoms with van der Waals surface area (Å²) in [7, 11) is 1.80. The van der Waals surface area contributed by atoms with Gasteiger partial charge in [-0.05, 0) is 19.8 Å². The number of carbonyl (C=O) groups excluding carboxylic acids is 1. The predicted octanol–water partition coefficient (Wildman–Crippen LogP) is 0.800. The third-order valence-electron chi connectivity index (χ3n) is 3.00. The van der Waals surface area contributed by atoms with Crippen LogP contribution in [0, 0.1) is 19.8 Å². The Hall–Kier alpha value is -1.40. The van der Waals surface area contributed by atoms with Gasteiger partial charge in [0.05, 0.1) is 24.0 Å². The number of aryl methyl sites for hydroxylation is 2. The number of hydrogen-bond donors (Lipinski definition) is 2. The maximum Gasteiger partial charge on any atom is 0.255 e. The maximum atomic E-state index is 12.1. The minimum Gasteiger partial charge on any atom is -0.389 e. The number of aliphatic hydroxyl groups is 1. The summed E-state index contributed by atoms with van der Waals surface area (Å²) in [5, 5.41) is 16.6. The molecule has 0 saturated carbocycles. The van der Waals surface area contributed by atoms with Crippen LogP contribution in [0.4, 0.5) is 0 Å². The lowest BCUT2D eigenvalue weighted by molar-refractivity contribution is 0.0259. The lowest BCUT2D eigenvalue weighted by Gasteiger charge is -2.13. The summed E-state index contributed by atoms with van der Waals surface area (Å²) in [6.45, 7) is 8.73. The van der Waals surface area contributed by atoms with Crippen LogP contribution in [0.15, 0.2) is 0 Å². The van der Waals surface area contributed by atoms with Gasteiger partial charge in [-0.15, -0.1) is 0 Å². The minimum absolute atomic E-state index is 0.171. The zero-order valence-corrected chi connectivity index (χ0v) is 12.9. The molecule has 1 rings (SSSR count). The number of nitrogens with zero attached hydrogens (tertiary/aromatic N) is 2. The van der Waals surface area contributed by atoms with Crippen molar-refractivity contribution >= 4 is 5.91 Å². The molecule has 0 spiro atoms. The molecule has 0 aliphatic rings. The van der Waals surface area contributed by atoms with Crippen molar-refractivity contribution in [3.05, 3.63) is 17.0 Å². The largest absolute Gasteiger partial charge is 0.389 e. The molecule has 2 N–H and O–H groups in total. The Kier molecular flexibility index (Phi) is 6.16. The molecule has 6 heteroatoms. The molecule has 1 amide bonds. The Morgan fingerprint density at radius 3 is 2.55 bits per heavy atom. The number of aromatic nitrogens is 2. The second kappa shape index (κ2) is 7.40. The van der Waals surface area contributed by atoms with Crippen LogP contribution < -0.4 is 5.32 Å². The fourth-order valence-electron chi connectivity index (χ4n) is 1.90. The maximum absolute atomic E-state index is 12.1. The first-order valence-electron chi connectivity index (χ1n) is 6.87. The molecule has 0 aliphatic carbocycles. The van der Waals surface area contributed by atoms with Gasteiger partial charge in [-0.3, -0.25) is 9.48 Å². The molecule has 20 heavy (non-hydrogen) atoms. The van der Waals surface area contributed by atoms with E-state index in [1.165, 1.54) is 0 Å². The van der Waals surface area contributed by atoms with Crippen LogP contribution in [-0.4, -0.2) is 46.7 Å². The number of hydrogen-bond acceptors (Lipinski definition) is 4. The van der Waals surface area contributed by atoms with Gasteiger partial charge in [0.15, 0.2) is 0 Å². The molecule has 0 aliphatic heterocycles. The fraction of sp³-hybridized carbons (Fsp3) is 0.714. The third-order valence-corrected chi connectivity index (χ3v) is 3.00. The van der Waals surface area contributed by atoms with Crippen LogP contribution in [0.2, 0.25) is 0 Å². The molecule has 1 aromatic rings.